The van der Waals surface area contributed by atoms with Gasteiger partial charge in [0.1, 0.15) is 0 Å². The second kappa shape index (κ2) is 6.14. The molecule has 0 spiro atoms. The standard InChI is InChI=1S/C12H18NO4P/c1-9(12(14)15)8-18(16,17)11(13)7-10-5-3-2-4-6-10/h2-6,9,11H,7-8,13H2,1H3,(H,14,15)(H,16,17)/t9?,11-/m1/s1. The van der Waals surface area contributed by atoms with E-state index in [4.69, 9.17) is 10.8 Å². The molecule has 0 bridgehead atoms. The second-order valence-electron chi connectivity index (χ2n) is 4.43. The summed E-state index contributed by atoms with van der Waals surface area (Å²) in [5.41, 5.74) is 6.59. The number of benzene rings is 1. The minimum Gasteiger partial charge on any atom is -0.481 e. The molecule has 1 aromatic carbocycles. The molecule has 1 aromatic rings. The van der Waals surface area contributed by atoms with E-state index in [0.29, 0.717) is 0 Å². The van der Waals surface area contributed by atoms with Crippen molar-refractivity contribution in [1.29, 1.82) is 0 Å². The van der Waals surface area contributed by atoms with Crippen LogP contribution in [0.1, 0.15) is 12.5 Å². The SMILES string of the molecule is CC(CP(=O)(O)[C@@H](N)Cc1ccccc1)C(=O)O. The zero-order valence-electron chi connectivity index (χ0n) is 10.2. The number of aliphatic carboxylic acids is 1. The zero-order chi connectivity index (χ0) is 13.8. The lowest BCUT2D eigenvalue weighted by Crippen LogP contribution is -2.27. The molecule has 1 rings (SSSR count). The van der Waals surface area contributed by atoms with Gasteiger partial charge in [0.2, 0.25) is 7.37 Å². The van der Waals surface area contributed by atoms with E-state index in [0.717, 1.165) is 5.56 Å². The number of hydrogen-bond acceptors (Lipinski definition) is 3. The van der Waals surface area contributed by atoms with E-state index >= 15 is 0 Å². The predicted molar refractivity (Wildman–Crippen MR) is 69.6 cm³/mol. The first-order valence-electron chi connectivity index (χ1n) is 5.66. The summed E-state index contributed by atoms with van der Waals surface area (Å²) in [6.07, 6.45) is -0.0305. The van der Waals surface area contributed by atoms with E-state index in [1.165, 1.54) is 6.92 Å². The maximum absolute atomic E-state index is 12.0. The highest BCUT2D eigenvalue weighted by Gasteiger charge is 2.31. The van der Waals surface area contributed by atoms with Crippen LogP contribution < -0.4 is 5.73 Å². The average Bonchev–Trinajstić information content (AvgIpc) is 2.29. The van der Waals surface area contributed by atoms with Crippen molar-refractivity contribution in [3.8, 4) is 0 Å². The molecule has 4 N–H and O–H groups in total. The Balaban J connectivity index is 2.67. The molecule has 0 fully saturated rings. The maximum atomic E-state index is 12.0. The largest absolute Gasteiger partial charge is 0.481 e. The summed E-state index contributed by atoms with van der Waals surface area (Å²) in [4.78, 5) is 20.5. The Morgan fingerprint density at radius 1 is 1.39 bits per heavy atom. The first kappa shape index (κ1) is 14.9. The van der Waals surface area contributed by atoms with Gasteiger partial charge in [0.25, 0.3) is 0 Å². The maximum Gasteiger partial charge on any atom is 0.306 e. The van der Waals surface area contributed by atoms with E-state index in [1.807, 2.05) is 30.3 Å². The van der Waals surface area contributed by atoms with Crippen molar-refractivity contribution in [3.05, 3.63) is 35.9 Å². The number of nitrogens with two attached hydrogens (primary N) is 1. The van der Waals surface area contributed by atoms with Crippen molar-refractivity contribution >= 4 is 13.3 Å². The van der Waals surface area contributed by atoms with Gasteiger partial charge in [-0.05, 0) is 12.0 Å². The molecule has 0 amide bonds. The molecule has 0 aromatic heterocycles. The second-order valence-corrected chi connectivity index (χ2v) is 6.97. The van der Waals surface area contributed by atoms with E-state index in [1.54, 1.807) is 0 Å². The molecule has 0 aliphatic rings. The predicted octanol–water partition coefficient (Wildman–Crippen LogP) is 1.51. The van der Waals surface area contributed by atoms with E-state index in [9.17, 15) is 14.3 Å². The number of carbonyl (C=O) groups is 1. The van der Waals surface area contributed by atoms with Gasteiger partial charge in [-0.25, -0.2) is 0 Å². The van der Waals surface area contributed by atoms with Crippen molar-refractivity contribution in [2.45, 2.75) is 19.1 Å². The minimum absolute atomic E-state index is 0.265. The van der Waals surface area contributed by atoms with Crippen LogP contribution in [0.4, 0.5) is 0 Å². The summed E-state index contributed by atoms with van der Waals surface area (Å²) in [6, 6.07) is 9.13. The van der Waals surface area contributed by atoms with Crippen LogP contribution >= 0.6 is 7.37 Å². The van der Waals surface area contributed by atoms with Gasteiger partial charge in [-0.3, -0.25) is 9.36 Å². The molecule has 0 heterocycles. The lowest BCUT2D eigenvalue weighted by molar-refractivity contribution is -0.140. The Labute approximate surface area is 106 Å². The lowest BCUT2D eigenvalue weighted by Gasteiger charge is -2.20. The molecule has 3 atom stereocenters. The molecular weight excluding hydrogens is 253 g/mol. The molecule has 0 saturated heterocycles. The third kappa shape index (κ3) is 4.26. The molecule has 0 saturated carbocycles. The minimum atomic E-state index is -3.66. The quantitative estimate of drug-likeness (QED) is 0.681. The molecule has 0 aliphatic heterocycles. The van der Waals surface area contributed by atoms with Gasteiger partial charge in [0, 0.05) is 6.16 Å². The Morgan fingerprint density at radius 2 is 1.94 bits per heavy atom. The van der Waals surface area contributed by atoms with Gasteiger partial charge < -0.3 is 15.7 Å². The summed E-state index contributed by atoms with van der Waals surface area (Å²) in [5, 5.41) is 8.74. The first-order chi connectivity index (χ1) is 8.33. The van der Waals surface area contributed by atoms with Crippen LogP contribution in [0, 0.1) is 5.92 Å². The molecule has 0 radical (unpaired) electrons. The lowest BCUT2D eigenvalue weighted by atomic mass is 10.1. The van der Waals surface area contributed by atoms with Gasteiger partial charge >= 0.3 is 5.97 Å². The summed E-state index contributed by atoms with van der Waals surface area (Å²) in [7, 11) is -3.66. The summed E-state index contributed by atoms with van der Waals surface area (Å²) in [6.45, 7) is 1.40. The Kier molecular flexibility index (Phi) is 5.08. The fourth-order valence-corrected chi connectivity index (χ4v) is 3.31. The third-order valence-electron chi connectivity index (χ3n) is 2.76. The van der Waals surface area contributed by atoms with E-state index in [-0.39, 0.29) is 12.6 Å². The third-order valence-corrected chi connectivity index (χ3v) is 5.05. The number of carboxylic acids is 1. The van der Waals surface area contributed by atoms with Crippen LogP contribution in [-0.2, 0) is 15.8 Å². The van der Waals surface area contributed by atoms with Crippen molar-refractivity contribution in [2.75, 3.05) is 6.16 Å². The Hall–Kier alpha value is -1.16. The molecule has 6 heteroatoms. The molecular formula is C12H18NO4P. The fourth-order valence-electron chi connectivity index (χ4n) is 1.60. The summed E-state index contributed by atoms with van der Waals surface area (Å²) >= 11 is 0. The molecule has 0 aliphatic carbocycles. The van der Waals surface area contributed by atoms with Gasteiger partial charge in [0.05, 0.1) is 11.7 Å². The van der Waals surface area contributed by atoms with Crippen molar-refractivity contribution in [1.82, 2.24) is 0 Å². The normalized spacial score (nSPS) is 17.7. The first-order valence-corrected chi connectivity index (χ1v) is 7.58. The van der Waals surface area contributed by atoms with Gasteiger partial charge in [-0.1, -0.05) is 37.3 Å². The van der Waals surface area contributed by atoms with Crippen molar-refractivity contribution in [2.24, 2.45) is 11.7 Å². The van der Waals surface area contributed by atoms with Crippen LogP contribution in [0.15, 0.2) is 30.3 Å². The van der Waals surface area contributed by atoms with Crippen molar-refractivity contribution in [3.63, 3.8) is 0 Å². The Morgan fingerprint density at radius 3 is 2.44 bits per heavy atom. The van der Waals surface area contributed by atoms with Crippen LogP contribution in [0.2, 0.25) is 0 Å². The highest BCUT2D eigenvalue weighted by Crippen LogP contribution is 2.46. The monoisotopic (exact) mass is 271 g/mol. The number of rotatable bonds is 6. The molecule has 2 unspecified atom stereocenters. The summed E-state index contributed by atoms with van der Waals surface area (Å²) in [5.74, 6) is -2.89. The molecule has 100 valence electrons. The van der Waals surface area contributed by atoms with E-state index < -0.39 is 25.0 Å². The zero-order valence-corrected chi connectivity index (χ0v) is 11.1. The van der Waals surface area contributed by atoms with E-state index in [2.05, 4.69) is 0 Å². The highest BCUT2D eigenvalue weighted by molar-refractivity contribution is 7.58. The van der Waals surface area contributed by atoms with Crippen molar-refractivity contribution < 1.29 is 19.4 Å². The smallest absolute Gasteiger partial charge is 0.306 e. The van der Waals surface area contributed by atoms with Crippen LogP contribution in [0.25, 0.3) is 0 Å². The van der Waals surface area contributed by atoms with Gasteiger partial charge in [-0.2, -0.15) is 0 Å². The van der Waals surface area contributed by atoms with Crippen LogP contribution in [0.5, 0.6) is 0 Å². The molecule has 5 nitrogen and oxygen atoms in total. The average molecular weight is 271 g/mol. The van der Waals surface area contributed by atoms with Crippen LogP contribution in [-0.4, -0.2) is 27.9 Å². The molecule has 18 heavy (non-hydrogen) atoms. The van der Waals surface area contributed by atoms with Gasteiger partial charge in [-0.15, -0.1) is 0 Å². The Bertz CT molecular complexity index is 449. The number of carboxylic acid groups (broad SMARTS) is 1. The fraction of sp³-hybridized carbons (Fsp3) is 0.417. The summed E-state index contributed by atoms with van der Waals surface area (Å²) < 4.78 is 12.0. The van der Waals surface area contributed by atoms with Gasteiger partial charge in [0.15, 0.2) is 0 Å². The van der Waals surface area contributed by atoms with Crippen LogP contribution in [0.3, 0.4) is 0 Å². The topological polar surface area (TPSA) is 101 Å². The number of hydrogen-bond donors (Lipinski definition) is 3. The highest BCUT2D eigenvalue weighted by atomic mass is 31.2.